The molecule has 1 aromatic carbocycles. The number of carbonyl (C=O) groups excluding carboxylic acids is 6. The van der Waals surface area contributed by atoms with Gasteiger partial charge in [-0.05, 0) is 56.2 Å². The molecule has 0 radical (unpaired) electrons. The van der Waals surface area contributed by atoms with Gasteiger partial charge in [0.2, 0.25) is 0 Å². The van der Waals surface area contributed by atoms with Gasteiger partial charge in [-0.3, -0.25) is 33.7 Å². The van der Waals surface area contributed by atoms with Crippen LogP contribution in [-0.2, 0) is 28.8 Å². The topological polar surface area (TPSA) is 112 Å². The first-order valence-corrected chi connectivity index (χ1v) is 11.1. The molecular formula is C25H21N3O6. The highest BCUT2D eigenvalue weighted by Gasteiger charge is 2.38. The molecule has 5 rings (SSSR count). The number of hydrogen-bond acceptors (Lipinski definition) is 6. The lowest BCUT2D eigenvalue weighted by molar-refractivity contribution is -0.140. The Kier molecular flexibility index (Phi) is 5.11. The van der Waals surface area contributed by atoms with Crippen LogP contribution in [0.5, 0.6) is 0 Å². The highest BCUT2D eigenvalue weighted by atomic mass is 16.2. The molecule has 0 spiro atoms. The van der Waals surface area contributed by atoms with Crippen molar-refractivity contribution in [3.8, 4) is 0 Å². The predicted octanol–water partition coefficient (Wildman–Crippen LogP) is 1.89. The summed E-state index contributed by atoms with van der Waals surface area (Å²) in [7, 11) is 0. The van der Waals surface area contributed by atoms with Crippen LogP contribution in [0.15, 0.2) is 54.2 Å². The van der Waals surface area contributed by atoms with E-state index in [1.165, 1.54) is 41.3 Å². The van der Waals surface area contributed by atoms with Gasteiger partial charge in [0, 0.05) is 42.0 Å². The average Bonchev–Trinajstić information content (AvgIpc) is 3.42. The number of benzene rings is 1. The van der Waals surface area contributed by atoms with Crippen molar-refractivity contribution >= 4 is 46.8 Å². The normalized spacial score (nSPS) is 24.9. The fourth-order valence-corrected chi connectivity index (χ4v) is 5.10. The maximum absolute atomic E-state index is 12.5. The summed E-state index contributed by atoms with van der Waals surface area (Å²) in [5, 5.41) is 0. The maximum atomic E-state index is 12.5. The molecule has 0 unspecified atom stereocenters. The van der Waals surface area contributed by atoms with Crippen molar-refractivity contribution in [1.29, 1.82) is 0 Å². The van der Waals surface area contributed by atoms with Crippen LogP contribution in [0.1, 0.15) is 44.1 Å². The minimum Gasteiger partial charge on any atom is -0.272 e. The standard InChI is InChI=1S/C25H21N3O6/c1-14-12-24(33)27(25(14)34)16-4-2-15(3-5-16)18-7-6-17(26-20(29)8-9-21(26)30)13-19(18)28-22(31)10-11-23(28)32/h6-13,15-16H,2-5H2,1H3. The molecule has 6 amide bonds. The molecule has 1 fully saturated rings. The van der Waals surface area contributed by atoms with Crippen LogP contribution in [0.4, 0.5) is 11.4 Å². The molecule has 0 N–H and O–H groups in total. The van der Waals surface area contributed by atoms with Crippen molar-refractivity contribution in [2.45, 2.75) is 44.6 Å². The molecule has 172 valence electrons. The van der Waals surface area contributed by atoms with Crippen LogP contribution in [0, 0.1) is 0 Å². The Labute approximate surface area is 195 Å². The van der Waals surface area contributed by atoms with Gasteiger partial charge >= 0.3 is 0 Å². The Morgan fingerprint density at radius 3 is 1.79 bits per heavy atom. The lowest BCUT2D eigenvalue weighted by Crippen LogP contribution is -2.42. The van der Waals surface area contributed by atoms with Crippen LogP contribution < -0.4 is 9.80 Å². The molecule has 0 saturated heterocycles. The number of imide groups is 3. The van der Waals surface area contributed by atoms with Gasteiger partial charge in [0.25, 0.3) is 35.4 Å². The van der Waals surface area contributed by atoms with Crippen LogP contribution in [0.3, 0.4) is 0 Å². The van der Waals surface area contributed by atoms with E-state index in [4.69, 9.17) is 0 Å². The molecule has 9 nitrogen and oxygen atoms in total. The Balaban J connectivity index is 1.44. The highest BCUT2D eigenvalue weighted by Crippen LogP contribution is 2.42. The monoisotopic (exact) mass is 459 g/mol. The van der Waals surface area contributed by atoms with Crippen LogP contribution in [0.25, 0.3) is 0 Å². The van der Waals surface area contributed by atoms with E-state index < -0.39 is 23.6 Å². The molecule has 9 heteroatoms. The molecule has 1 saturated carbocycles. The Morgan fingerprint density at radius 2 is 1.26 bits per heavy atom. The fraction of sp³-hybridized carbons (Fsp3) is 0.280. The first-order valence-electron chi connectivity index (χ1n) is 11.1. The number of anilines is 2. The van der Waals surface area contributed by atoms with Crippen molar-refractivity contribution < 1.29 is 28.8 Å². The van der Waals surface area contributed by atoms with Crippen LogP contribution in [-0.4, -0.2) is 46.4 Å². The largest absolute Gasteiger partial charge is 0.272 e. The van der Waals surface area contributed by atoms with Crippen molar-refractivity contribution in [2.24, 2.45) is 0 Å². The van der Waals surface area contributed by atoms with Crippen molar-refractivity contribution in [1.82, 2.24) is 4.90 Å². The van der Waals surface area contributed by atoms with E-state index in [0.717, 1.165) is 15.4 Å². The Morgan fingerprint density at radius 1 is 0.706 bits per heavy atom. The van der Waals surface area contributed by atoms with E-state index in [2.05, 4.69) is 0 Å². The minimum absolute atomic E-state index is 0.0357. The summed E-state index contributed by atoms with van der Waals surface area (Å²) in [5.41, 5.74) is 1.78. The van der Waals surface area contributed by atoms with Crippen LogP contribution in [0.2, 0.25) is 0 Å². The van der Waals surface area contributed by atoms with E-state index in [1.807, 2.05) is 0 Å². The van der Waals surface area contributed by atoms with Gasteiger partial charge in [-0.2, -0.15) is 0 Å². The zero-order chi connectivity index (χ0) is 24.1. The average molecular weight is 459 g/mol. The third kappa shape index (κ3) is 3.40. The van der Waals surface area contributed by atoms with Gasteiger partial charge in [-0.1, -0.05) is 6.07 Å². The van der Waals surface area contributed by atoms with E-state index >= 15 is 0 Å². The third-order valence-electron chi connectivity index (χ3n) is 6.77. The van der Waals surface area contributed by atoms with E-state index in [9.17, 15) is 28.8 Å². The highest BCUT2D eigenvalue weighted by molar-refractivity contribution is 6.30. The van der Waals surface area contributed by atoms with Gasteiger partial charge < -0.3 is 0 Å². The lowest BCUT2D eigenvalue weighted by Gasteiger charge is -2.35. The summed E-state index contributed by atoms with van der Waals surface area (Å²) < 4.78 is 0. The third-order valence-corrected chi connectivity index (χ3v) is 6.77. The molecule has 0 atom stereocenters. The van der Waals surface area contributed by atoms with Crippen molar-refractivity contribution in [3.05, 3.63) is 59.7 Å². The lowest BCUT2D eigenvalue weighted by atomic mass is 9.80. The summed E-state index contributed by atoms with van der Waals surface area (Å²) in [5.74, 6) is -2.56. The summed E-state index contributed by atoms with van der Waals surface area (Å²) in [6.45, 7) is 1.63. The van der Waals surface area contributed by atoms with Gasteiger partial charge in [0.15, 0.2) is 0 Å². The molecule has 1 aromatic rings. The van der Waals surface area contributed by atoms with Crippen molar-refractivity contribution in [3.63, 3.8) is 0 Å². The van der Waals surface area contributed by atoms with Crippen molar-refractivity contribution in [2.75, 3.05) is 9.80 Å². The summed E-state index contributed by atoms with van der Waals surface area (Å²) in [6, 6.07) is 4.70. The number of nitrogens with zero attached hydrogens (tertiary/aromatic N) is 3. The Bertz CT molecular complexity index is 1230. The van der Waals surface area contributed by atoms with Gasteiger partial charge in [-0.15, -0.1) is 0 Å². The molecule has 3 heterocycles. The molecule has 3 aliphatic heterocycles. The zero-order valence-corrected chi connectivity index (χ0v) is 18.4. The quantitative estimate of drug-likeness (QED) is 0.636. The van der Waals surface area contributed by atoms with E-state index in [1.54, 1.807) is 19.1 Å². The molecule has 0 aromatic heterocycles. The second-order valence-electron chi connectivity index (χ2n) is 8.78. The summed E-state index contributed by atoms with van der Waals surface area (Å²) in [4.78, 5) is 77.3. The first-order chi connectivity index (χ1) is 16.3. The summed E-state index contributed by atoms with van der Waals surface area (Å²) in [6.07, 6.45) is 8.53. The molecule has 34 heavy (non-hydrogen) atoms. The molecule has 0 bridgehead atoms. The molecule has 4 aliphatic rings. The maximum Gasteiger partial charge on any atom is 0.258 e. The van der Waals surface area contributed by atoms with E-state index in [0.29, 0.717) is 36.9 Å². The number of rotatable bonds is 4. The number of hydrogen-bond donors (Lipinski definition) is 0. The second-order valence-corrected chi connectivity index (χ2v) is 8.78. The smallest absolute Gasteiger partial charge is 0.258 e. The molecular weight excluding hydrogens is 438 g/mol. The van der Waals surface area contributed by atoms with Gasteiger partial charge in [0.1, 0.15) is 0 Å². The SMILES string of the molecule is CC1=CC(=O)N(C2CCC(c3ccc(N4C(=O)C=CC4=O)cc3N3C(=O)C=CC3=O)CC2)C1=O. The minimum atomic E-state index is -0.496. The van der Waals surface area contributed by atoms with Gasteiger partial charge in [0.05, 0.1) is 11.4 Å². The fourth-order valence-electron chi connectivity index (χ4n) is 5.10. The van der Waals surface area contributed by atoms with E-state index in [-0.39, 0.29) is 29.5 Å². The first kappa shape index (κ1) is 21.7. The van der Waals surface area contributed by atoms with Gasteiger partial charge in [-0.25, -0.2) is 9.80 Å². The zero-order valence-electron chi connectivity index (χ0n) is 18.4. The molecule has 1 aliphatic carbocycles. The van der Waals surface area contributed by atoms with Crippen LogP contribution >= 0.6 is 0 Å². The predicted molar refractivity (Wildman–Crippen MR) is 120 cm³/mol. The number of amides is 6. The Hall–Kier alpha value is -4.14. The second kappa shape index (κ2) is 8.02. The number of carbonyl (C=O) groups is 6. The summed E-state index contributed by atoms with van der Waals surface area (Å²) >= 11 is 0.